The highest BCUT2D eigenvalue weighted by Crippen LogP contribution is 2.10. The second kappa shape index (κ2) is 5.35. The highest BCUT2D eigenvalue weighted by Gasteiger charge is 2.03. The second-order valence-corrected chi connectivity index (χ2v) is 4.04. The van der Waals surface area contributed by atoms with Gasteiger partial charge in [-0.3, -0.25) is 4.68 Å². The van der Waals surface area contributed by atoms with E-state index < -0.39 is 5.97 Å². The fourth-order valence-corrected chi connectivity index (χ4v) is 1.69. The summed E-state index contributed by atoms with van der Waals surface area (Å²) in [5.41, 5.74) is 2.11. The smallest absolute Gasteiger partial charge is 0.335 e. The van der Waals surface area contributed by atoms with Crippen LogP contribution in [0.2, 0.25) is 0 Å². The molecule has 2 N–H and O–H groups in total. The van der Waals surface area contributed by atoms with E-state index in [1.165, 1.54) is 0 Å². The van der Waals surface area contributed by atoms with Crippen LogP contribution in [0.3, 0.4) is 0 Å². The Morgan fingerprint density at radius 2 is 2.28 bits per heavy atom. The number of carboxylic acids is 1. The summed E-state index contributed by atoms with van der Waals surface area (Å²) in [6.45, 7) is 0.722. The van der Waals surface area contributed by atoms with Crippen LogP contribution in [0.15, 0.2) is 36.5 Å². The lowest BCUT2D eigenvalue weighted by molar-refractivity contribution is 0.0697. The monoisotopic (exact) mass is 245 g/mol. The summed E-state index contributed by atoms with van der Waals surface area (Å²) in [5, 5.41) is 16.3. The molecule has 1 aromatic heterocycles. The summed E-state index contributed by atoms with van der Waals surface area (Å²) >= 11 is 0. The Balaban J connectivity index is 1.90. The van der Waals surface area contributed by atoms with Gasteiger partial charge in [-0.25, -0.2) is 4.79 Å². The van der Waals surface area contributed by atoms with Crippen molar-refractivity contribution < 1.29 is 9.90 Å². The summed E-state index contributed by atoms with van der Waals surface area (Å²) < 4.78 is 1.76. The predicted octanol–water partition coefficient (Wildman–Crippen LogP) is 1.77. The molecule has 0 aliphatic heterocycles. The molecule has 0 aliphatic rings. The number of nitrogens with zero attached hydrogens (tertiary/aromatic N) is 2. The zero-order chi connectivity index (χ0) is 13.0. The minimum absolute atomic E-state index is 0.290. The van der Waals surface area contributed by atoms with E-state index in [1.807, 2.05) is 25.4 Å². The predicted molar refractivity (Wildman–Crippen MR) is 68.8 cm³/mol. The average molecular weight is 245 g/mol. The molecule has 18 heavy (non-hydrogen) atoms. The first-order chi connectivity index (χ1) is 8.65. The first-order valence-corrected chi connectivity index (χ1v) is 5.71. The van der Waals surface area contributed by atoms with E-state index in [9.17, 15) is 4.79 Å². The molecule has 94 valence electrons. The van der Waals surface area contributed by atoms with Crippen LogP contribution in [0.5, 0.6) is 0 Å². The molecule has 2 aromatic rings. The summed E-state index contributed by atoms with van der Waals surface area (Å²) in [5.74, 6) is -0.914. The lowest BCUT2D eigenvalue weighted by atomic mass is 10.2. The van der Waals surface area contributed by atoms with Gasteiger partial charge in [0.25, 0.3) is 0 Å². The zero-order valence-corrected chi connectivity index (χ0v) is 10.1. The first kappa shape index (κ1) is 12.2. The van der Waals surface area contributed by atoms with Crippen molar-refractivity contribution in [3.8, 4) is 0 Å². The van der Waals surface area contributed by atoms with Crippen LogP contribution in [0.4, 0.5) is 5.69 Å². The van der Waals surface area contributed by atoms with Crippen LogP contribution in [-0.4, -0.2) is 27.4 Å². The molecular formula is C13H15N3O2. The molecule has 0 saturated carbocycles. The van der Waals surface area contributed by atoms with Crippen molar-refractivity contribution in [1.82, 2.24) is 9.78 Å². The molecule has 0 unspecified atom stereocenters. The van der Waals surface area contributed by atoms with Crippen LogP contribution in [0, 0.1) is 0 Å². The lowest BCUT2D eigenvalue weighted by Crippen LogP contribution is -2.06. The second-order valence-electron chi connectivity index (χ2n) is 4.04. The van der Waals surface area contributed by atoms with Crippen molar-refractivity contribution in [2.75, 3.05) is 11.9 Å². The molecule has 0 saturated heterocycles. The molecule has 0 atom stereocenters. The molecule has 0 fully saturated rings. The number of carbonyl (C=O) groups is 1. The standard InChI is InChI=1S/C13H15N3O2/c1-16-8-6-11(15-16)5-7-14-12-4-2-3-10(9-12)13(17)18/h2-4,6,8-9,14H,5,7H2,1H3,(H,17,18). The van der Waals surface area contributed by atoms with E-state index in [1.54, 1.807) is 22.9 Å². The van der Waals surface area contributed by atoms with Gasteiger partial charge < -0.3 is 10.4 Å². The van der Waals surface area contributed by atoms with Crippen LogP contribution in [0.25, 0.3) is 0 Å². The lowest BCUT2D eigenvalue weighted by Gasteiger charge is -2.05. The quantitative estimate of drug-likeness (QED) is 0.842. The topological polar surface area (TPSA) is 67.2 Å². The minimum Gasteiger partial charge on any atom is -0.478 e. The molecule has 0 radical (unpaired) electrons. The summed E-state index contributed by atoms with van der Waals surface area (Å²) in [4.78, 5) is 10.8. The van der Waals surface area contributed by atoms with Crippen LogP contribution >= 0.6 is 0 Å². The number of aromatic nitrogens is 2. The Bertz CT molecular complexity index is 549. The largest absolute Gasteiger partial charge is 0.478 e. The van der Waals surface area contributed by atoms with E-state index >= 15 is 0 Å². The number of aromatic carboxylic acids is 1. The van der Waals surface area contributed by atoms with Crippen molar-refractivity contribution in [3.63, 3.8) is 0 Å². The third-order valence-electron chi connectivity index (χ3n) is 2.59. The molecule has 2 rings (SSSR count). The number of hydrogen-bond donors (Lipinski definition) is 2. The van der Waals surface area contributed by atoms with Crippen molar-refractivity contribution in [2.45, 2.75) is 6.42 Å². The third kappa shape index (κ3) is 3.10. The maximum absolute atomic E-state index is 10.8. The Morgan fingerprint density at radius 1 is 1.44 bits per heavy atom. The summed E-state index contributed by atoms with van der Waals surface area (Å²) in [7, 11) is 1.88. The van der Waals surface area contributed by atoms with Crippen LogP contribution < -0.4 is 5.32 Å². The maximum Gasteiger partial charge on any atom is 0.335 e. The van der Waals surface area contributed by atoms with E-state index in [4.69, 9.17) is 5.11 Å². The minimum atomic E-state index is -0.914. The molecule has 1 aromatic carbocycles. The SMILES string of the molecule is Cn1ccc(CCNc2cccc(C(=O)O)c2)n1. The normalized spacial score (nSPS) is 10.3. The highest BCUT2D eigenvalue weighted by molar-refractivity contribution is 5.88. The van der Waals surface area contributed by atoms with Gasteiger partial charge in [-0.05, 0) is 24.3 Å². The number of benzene rings is 1. The van der Waals surface area contributed by atoms with Gasteiger partial charge in [-0.2, -0.15) is 5.10 Å². The van der Waals surface area contributed by atoms with E-state index in [-0.39, 0.29) is 5.56 Å². The van der Waals surface area contributed by atoms with Gasteiger partial charge in [-0.1, -0.05) is 6.07 Å². The first-order valence-electron chi connectivity index (χ1n) is 5.71. The number of aryl methyl sites for hydroxylation is 1. The van der Waals surface area contributed by atoms with Gasteiger partial charge in [0.1, 0.15) is 0 Å². The molecule has 5 nitrogen and oxygen atoms in total. The Hall–Kier alpha value is -2.30. The molecule has 1 heterocycles. The van der Waals surface area contributed by atoms with Gasteiger partial charge in [0, 0.05) is 31.9 Å². The van der Waals surface area contributed by atoms with Crippen molar-refractivity contribution in [2.24, 2.45) is 7.05 Å². The molecule has 0 amide bonds. The van der Waals surface area contributed by atoms with Gasteiger partial charge in [0.05, 0.1) is 11.3 Å². The van der Waals surface area contributed by atoms with Crippen molar-refractivity contribution in [1.29, 1.82) is 0 Å². The van der Waals surface area contributed by atoms with Crippen LogP contribution in [0.1, 0.15) is 16.1 Å². The zero-order valence-electron chi connectivity index (χ0n) is 10.1. The Morgan fingerprint density at radius 3 is 2.94 bits per heavy atom. The van der Waals surface area contributed by atoms with Gasteiger partial charge in [-0.15, -0.1) is 0 Å². The number of hydrogen-bond acceptors (Lipinski definition) is 3. The number of anilines is 1. The molecule has 0 aliphatic carbocycles. The number of rotatable bonds is 5. The summed E-state index contributed by atoms with van der Waals surface area (Å²) in [6.07, 6.45) is 2.71. The highest BCUT2D eigenvalue weighted by atomic mass is 16.4. The van der Waals surface area contributed by atoms with E-state index in [0.717, 1.165) is 24.3 Å². The fraction of sp³-hybridized carbons (Fsp3) is 0.231. The third-order valence-corrected chi connectivity index (χ3v) is 2.59. The number of carboxylic acid groups (broad SMARTS) is 1. The van der Waals surface area contributed by atoms with E-state index in [0.29, 0.717) is 0 Å². The molecule has 0 bridgehead atoms. The fourth-order valence-electron chi connectivity index (χ4n) is 1.69. The molecule has 5 heteroatoms. The van der Waals surface area contributed by atoms with E-state index in [2.05, 4.69) is 10.4 Å². The van der Waals surface area contributed by atoms with Gasteiger partial charge >= 0.3 is 5.97 Å². The Kier molecular flexibility index (Phi) is 3.62. The van der Waals surface area contributed by atoms with Gasteiger partial charge in [0.2, 0.25) is 0 Å². The number of nitrogens with one attached hydrogen (secondary N) is 1. The van der Waals surface area contributed by atoms with Crippen molar-refractivity contribution >= 4 is 11.7 Å². The Labute approximate surface area is 105 Å². The molecular weight excluding hydrogens is 230 g/mol. The average Bonchev–Trinajstić information content (AvgIpc) is 2.75. The van der Waals surface area contributed by atoms with Crippen molar-refractivity contribution in [3.05, 3.63) is 47.8 Å². The summed E-state index contributed by atoms with van der Waals surface area (Å²) in [6, 6.07) is 8.75. The van der Waals surface area contributed by atoms with Gasteiger partial charge in [0.15, 0.2) is 0 Å². The maximum atomic E-state index is 10.8. The van der Waals surface area contributed by atoms with Crippen LogP contribution in [-0.2, 0) is 13.5 Å². The molecule has 0 spiro atoms.